The molecule has 7 heteroatoms. The highest BCUT2D eigenvalue weighted by Gasteiger charge is 2.18. The van der Waals surface area contributed by atoms with Crippen molar-refractivity contribution in [3.63, 3.8) is 0 Å². The average molecular weight is 477 g/mol. The number of oxazole rings is 1. The van der Waals surface area contributed by atoms with Crippen LogP contribution in [0.3, 0.4) is 0 Å². The van der Waals surface area contributed by atoms with Crippen LogP contribution < -0.4 is 5.56 Å². The lowest BCUT2D eigenvalue weighted by Gasteiger charge is -2.30. The largest absolute Gasteiger partial charge is 0.441 e. The van der Waals surface area contributed by atoms with E-state index >= 15 is 0 Å². The van der Waals surface area contributed by atoms with E-state index in [2.05, 4.69) is 32.6 Å². The minimum absolute atomic E-state index is 0.00223. The molecule has 0 unspecified atom stereocenters. The number of fused-ring (bicyclic) bond motifs is 1. The highest BCUT2D eigenvalue weighted by molar-refractivity contribution is 7.98. The van der Waals surface area contributed by atoms with Gasteiger partial charge in [-0.1, -0.05) is 42.1 Å². The highest BCUT2D eigenvalue weighted by Crippen LogP contribution is 2.27. The number of hydrogen-bond acceptors (Lipinski definition) is 6. The summed E-state index contributed by atoms with van der Waals surface area (Å²) in [4.78, 5) is 25.4. The van der Waals surface area contributed by atoms with Crippen molar-refractivity contribution in [2.75, 3.05) is 6.54 Å². The van der Waals surface area contributed by atoms with Crippen molar-refractivity contribution < 1.29 is 4.42 Å². The Morgan fingerprint density at radius 3 is 2.35 bits per heavy atom. The van der Waals surface area contributed by atoms with Crippen LogP contribution in [0.4, 0.5) is 0 Å². The van der Waals surface area contributed by atoms with Gasteiger partial charge in [-0.15, -0.1) is 0 Å². The van der Waals surface area contributed by atoms with Crippen LogP contribution >= 0.6 is 11.8 Å². The summed E-state index contributed by atoms with van der Waals surface area (Å²) in [5.74, 6) is 1.97. The molecular formula is C27H32N4O2S. The molecule has 0 saturated carbocycles. The molecule has 0 atom stereocenters. The third kappa shape index (κ3) is 5.26. The molecule has 0 amide bonds. The Balaban J connectivity index is 1.63. The Kier molecular flexibility index (Phi) is 7.54. The first-order valence-electron chi connectivity index (χ1n) is 11.7. The molecule has 0 saturated heterocycles. The monoisotopic (exact) mass is 476 g/mol. The number of thioether (sulfide) groups is 1. The Labute approximate surface area is 205 Å². The Morgan fingerprint density at radius 2 is 1.65 bits per heavy atom. The van der Waals surface area contributed by atoms with Crippen molar-refractivity contribution in [3.8, 4) is 11.5 Å². The van der Waals surface area contributed by atoms with E-state index in [-0.39, 0.29) is 5.56 Å². The SMILES string of the molecule is Cc1oc(-c2ccccc2)nc1CSc1nc2ccccc2c(=O)n1CCN(C(C)C)C(C)C. The maximum atomic E-state index is 13.4. The standard InChI is InChI=1S/C27H32N4O2S/c1-18(2)30(19(3)4)15-16-31-26(32)22-13-9-10-14-23(22)29-27(31)34-17-24-20(5)33-25(28-24)21-11-7-6-8-12-21/h6-14,18-19H,15-17H2,1-5H3. The smallest absolute Gasteiger partial charge is 0.262 e. The summed E-state index contributed by atoms with van der Waals surface area (Å²) in [6, 6.07) is 18.2. The van der Waals surface area contributed by atoms with E-state index in [1.54, 1.807) is 0 Å². The van der Waals surface area contributed by atoms with Gasteiger partial charge >= 0.3 is 0 Å². The minimum atomic E-state index is 0.00223. The molecule has 0 spiro atoms. The van der Waals surface area contributed by atoms with Crippen molar-refractivity contribution in [1.82, 2.24) is 19.4 Å². The van der Waals surface area contributed by atoms with E-state index in [9.17, 15) is 4.79 Å². The van der Waals surface area contributed by atoms with E-state index in [1.807, 2.05) is 66.1 Å². The van der Waals surface area contributed by atoms with Crippen molar-refractivity contribution in [2.24, 2.45) is 0 Å². The second kappa shape index (κ2) is 10.6. The molecule has 0 aliphatic carbocycles. The predicted octanol–water partition coefficient (Wildman–Crippen LogP) is 5.77. The fraction of sp³-hybridized carbons (Fsp3) is 0.370. The normalized spacial score (nSPS) is 11.9. The van der Waals surface area contributed by atoms with Gasteiger partial charge in [0.2, 0.25) is 5.89 Å². The summed E-state index contributed by atoms with van der Waals surface area (Å²) >= 11 is 1.53. The molecule has 0 aliphatic rings. The third-order valence-electron chi connectivity index (χ3n) is 5.99. The zero-order chi connectivity index (χ0) is 24.2. The van der Waals surface area contributed by atoms with Gasteiger partial charge in [-0.05, 0) is 58.9 Å². The van der Waals surface area contributed by atoms with Crippen molar-refractivity contribution in [1.29, 1.82) is 0 Å². The number of rotatable bonds is 9. The van der Waals surface area contributed by atoms with Gasteiger partial charge in [0.05, 0.1) is 16.6 Å². The van der Waals surface area contributed by atoms with E-state index in [4.69, 9.17) is 14.4 Å². The molecule has 0 fully saturated rings. The first kappa shape index (κ1) is 24.2. The van der Waals surface area contributed by atoms with E-state index in [1.165, 1.54) is 11.8 Å². The van der Waals surface area contributed by atoms with Gasteiger partial charge in [0.15, 0.2) is 5.16 Å². The van der Waals surface area contributed by atoms with Gasteiger partial charge in [0.1, 0.15) is 5.76 Å². The van der Waals surface area contributed by atoms with Gasteiger partial charge in [0, 0.05) is 36.5 Å². The van der Waals surface area contributed by atoms with Crippen molar-refractivity contribution in [3.05, 3.63) is 76.4 Å². The lowest BCUT2D eigenvalue weighted by molar-refractivity contribution is 0.166. The zero-order valence-corrected chi connectivity index (χ0v) is 21.3. The van der Waals surface area contributed by atoms with Gasteiger partial charge in [-0.3, -0.25) is 14.3 Å². The molecule has 34 heavy (non-hydrogen) atoms. The maximum Gasteiger partial charge on any atom is 0.262 e. The van der Waals surface area contributed by atoms with Crippen LogP contribution in [0.25, 0.3) is 22.4 Å². The van der Waals surface area contributed by atoms with Crippen LogP contribution in [0, 0.1) is 6.92 Å². The Morgan fingerprint density at radius 1 is 0.971 bits per heavy atom. The summed E-state index contributed by atoms with van der Waals surface area (Å²) in [5, 5.41) is 1.36. The Bertz CT molecular complexity index is 1300. The van der Waals surface area contributed by atoms with Crippen LogP contribution in [0.1, 0.15) is 39.1 Å². The molecular weight excluding hydrogens is 444 g/mol. The predicted molar refractivity (Wildman–Crippen MR) is 139 cm³/mol. The second-order valence-electron chi connectivity index (χ2n) is 8.97. The lowest BCUT2D eigenvalue weighted by Crippen LogP contribution is -2.40. The van der Waals surface area contributed by atoms with Crippen LogP contribution in [0.5, 0.6) is 0 Å². The molecule has 178 valence electrons. The minimum Gasteiger partial charge on any atom is -0.441 e. The van der Waals surface area contributed by atoms with Gasteiger partial charge < -0.3 is 4.42 Å². The lowest BCUT2D eigenvalue weighted by atomic mass is 10.2. The highest BCUT2D eigenvalue weighted by atomic mass is 32.2. The zero-order valence-electron chi connectivity index (χ0n) is 20.5. The van der Waals surface area contributed by atoms with Crippen LogP contribution in [0.15, 0.2) is 69.0 Å². The van der Waals surface area contributed by atoms with Crippen LogP contribution in [-0.2, 0) is 12.3 Å². The number of hydrogen-bond donors (Lipinski definition) is 0. The Hall–Kier alpha value is -2.90. The van der Waals surface area contributed by atoms with E-state index < -0.39 is 0 Å². The number of aromatic nitrogens is 3. The fourth-order valence-corrected chi connectivity index (χ4v) is 5.21. The quantitative estimate of drug-likeness (QED) is 0.226. The molecule has 2 heterocycles. The van der Waals surface area contributed by atoms with Crippen LogP contribution in [-0.4, -0.2) is 38.1 Å². The topological polar surface area (TPSA) is 64.2 Å². The van der Waals surface area contributed by atoms with Gasteiger partial charge in [-0.2, -0.15) is 0 Å². The summed E-state index contributed by atoms with van der Waals surface area (Å²) in [5.41, 5.74) is 2.54. The molecule has 0 radical (unpaired) electrons. The number of aryl methyl sites for hydroxylation is 1. The van der Waals surface area contributed by atoms with E-state index in [0.717, 1.165) is 29.1 Å². The van der Waals surface area contributed by atoms with Crippen molar-refractivity contribution >= 4 is 22.7 Å². The number of para-hydroxylation sites is 1. The molecule has 0 bridgehead atoms. The van der Waals surface area contributed by atoms with Gasteiger partial charge in [0.25, 0.3) is 5.56 Å². The summed E-state index contributed by atoms with van der Waals surface area (Å²) in [7, 11) is 0. The average Bonchev–Trinajstić information content (AvgIpc) is 3.20. The number of nitrogens with zero attached hydrogens (tertiary/aromatic N) is 4. The molecule has 0 N–H and O–H groups in total. The summed E-state index contributed by atoms with van der Waals surface area (Å²) in [6.45, 7) is 12.1. The molecule has 4 rings (SSSR count). The van der Waals surface area contributed by atoms with Crippen molar-refractivity contribution in [2.45, 2.75) is 64.2 Å². The molecule has 0 aliphatic heterocycles. The fourth-order valence-electron chi connectivity index (χ4n) is 4.18. The van der Waals surface area contributed by atoms with Crippen LogP contribution in [0.2, 0.25) is 0 Å². The van der Waals surface area contributed by atoms with E-state index in [0.29, 0.717) is 40.8 Å². The summed E-state index contributed by atoms with van der Waals surface area (Å²) < 4.78 is 7.74. The second-order valence-corrected chi connectivity index (χ2v) is 9.91. The maximum absolute atomic E-state index is 13.4. The first-order chi connectivity index (χ1) is 16.3. The van der Waals surface area contributed by atoms with Gasteiger partial charge in [-0.25, -0.2) is 9.97 Å². The summed E-state index contributed by atoms with van der Waals surface area (Å²) in [6.07, 6.45) is 0. The third-order valence-corrected chi connectivity index (χ3v) is 6.97. The first-order valence-corrected chi connectivity index (χ1v) is 12.7. The number of benzene rings is 2. The molecule has 2 aromatic carbocycles. The molecule has 6 nitrogen and oxygen atoms in total. The molecule has 2 aromatic heterocycles. The molecule has 4 aromatic rings.